The number of rotatable bonds is 4. The van der Waals surface area contributed by atoms with Crippen LogP contribution in [0.1, 0.15) is 17.0 Å². The highest BCUT2D eigenvalue weighted by Crippen LogP contribution is 2.31. The third-order valence-corrected chi connectivity index (χ3v) is 5.69. The summed E-state index contributed by atoms with van der Waals surface area (Å²) in [6.07, 6.45) is 1.84. The van der Waals surface area contributed by atoms with Crippen LogP contribution >= 0.6 is 11.8 Å². The number of aliphatic imine (C=N–C) groups is 1. The first-order valence-corrected chi connectivity index (χ1v) is 10.1. The van der Waals surface area contributed by atoms with Gasteiger partial charge in [0.2, 0.25) is 0 Å². The summed E-state index contributed by atoms with van der Waals surface area (Å²) < 4.78 is 20.8. The molecule has 3 aromatic rings. The lowest BCUT2D eigenvalue weighted by Gasteiger charge is -2.09. The molecule has 30 heavy (non-hydrogen) atoms. The number of thioether (sulfide) groups is 1. The van der Waals surface area contributed by atoms with E-state index in [1.165, 1.54) is 23.9 Å². The van der Waals surface area contributed by atoms with Crippen LogP contribution in [0.4, 0.5) is 10.1 Å². The van der Waals surface area contributed by atoms with Gasteiger partial charge in [0.05, 0.1) is 17.7 Å². The summed E-state index contributed by atoms with van der Waals surface area (Å²) in [4.78, 5) is 17.5. The standard InChI is InChI=1S/C23H20FN3O2S/c1-14-11-16(15(2)27(14)19-6-4-5-17(24)13-19)12-21-22(28)26-23(30-21)25-18-7-9-20(29-3)10-8-18/h4-13H,1-3H3,(H,25,26,28)/b21-12+. The molecule has 4 rings (SSSR count). The monoisotopic (exact) mass is 421 g/mol. The zero-order valence-electron chi connectivity index (χ0n) is 16.8. The van der Waals surface area contributed by atoms with Crippen LogP contribution in [0.25, 0.3) is 11.8 Å². The van der Waals surface area contributed by atoms with Crippen molar-refractivity contribution in [3.05, 3.63) is 82.3 Å². The molecule has 1 aliphatic heterocycles. The lowest BCUT2D eigenvalue weighted by Crippen LogP contribution is -2.19. The van der Waals surface area contributed by atoms with Gasteiger partial charge in [-0.15, -0.1) is 0 Å². The molecule has 0 bridgehead atoms. The lowest BCUT2D eigenvalue weighted by atomic mass is 10.2. The van der Waals surface area contributed by atoms with Crippen molar-refractivity contribution in [2.75, 3.05) is 7.11 Å². The molecule has 2 aromatic carbocycles. The van der Waals surface area contributed by atoms with E-state index in [1.54, 1.807) is 13.2 Å². The fraction of sp³-hybridized carbons (Fsp3) is 0.130. The summed E-state index contributed by atoms with van der Waals surface area (Å²) in [5.41, 5.74) is 4.27. The van der Waals surface area contributed by atoms with Gasteiger partial charge in [0.15, 0.2) is 5.17 Å². The van der Waals surface area contributed by atoms with E-state index in [0.717, 1.165) is 34.1 Å². The fourth-order valence-corrected chi connectivity index (χ4v) is 4.17. The quantitative estimate of drug-likeness (QED) is 0.594. The number of methoxy groups -OCH3 is 1. The fourth-order valence-electron chi connectivity index (χ4n) is 3.34. The average Bonchev–Trinajstić information content (AvgIpc) is 3.20. The van der Waals surface area contributed by atoms with Gasteiger partial charge in [-0.2, -0.15) is 0 Å². The van der Waals surface area contributed by atoms with Gasteiger partial charge in [-0.1, -0.05) is 6.07 Å². The highest BCUT2D eigenvalue weighted by Gasteiger charge is 2.24. The van der Waals surface area contributed by atoms with Crippen molar-refractivity contribution in [1.82, 2.24) is 9.88 Å². The number of nitrogens with one attached hydrogen (secondary N) is 1. The Morgan fingerprint density at radius 1 is 1.13 bits per heavy atom. The molecule has 2 heterocycles. The van der Waals surface area contributed by atoms with E-state index in [9.17, 15) is 9.18 Å². The first-order chi connectivity index (χ1) is 14.4. The number of carbonyl (C=O) groups excluding carboxylic acids is 1. The minimum absolute atomic E-state index is 0.192. The number of amides is 1. The van der Waals surface area contributed by atoms with E-state index < -0.39 is 0 Å². The molecule has 1 aliphatic rings. The van der Waals surface area contributed by atoms with Gasteiger partial charge in [0.25, 0.3) is 5.91 Å². The minimum atomic E-state index is -0.287. The molecule has 152 valence electrons. The molecule has 1 amide bonds. The Labute approximate surface area is 178 Å². The van der Waals surface area contributed by atoms with E-state index in [2.05, 4.69) is 10.3 Å². The van der Waals surface area contributed by atoms with Gasteiger partial charge in [-0.25, -0.2) is 9.38 Å². The van der Waals surface area contributed by atoms with Gasteiger partial charge in [0, 0.05) is 17.1 Å². The number of hydrogen-bond acceptors (Lipinski definition) is 4. The first kappa shape index (κ1) is 20.0. The molecular formula is C23H20FN3O2S. The van der Waals surface area contributed by atoms with E-state index in [-0.39, 0.29) is 11.7 Å². The summed E-state index contributed by atoms with van der Waals surface area (Å²) in [7, 11) is 1.61. The zero-order valence-corrected chi connectivity index (χ0v) is 17.6. The maximum atomic E-state index is 13.7. The topological polar surface area (TPSA) is 55.6 Å². The second kappa shape index (κ2) is 8.20. The SMILES string of the molecule is COc1ccc(N=C2NC(=O)/C(=C\c3cc(C)n(-c4cccc(F)c4)c3C)S2)cc1. The molecule has 0 unspecified atom stereocenters. The van der Waals surface area contributed by atoms with Crippen LogP contribution < -0.4 is 10.1 Å². The number of halogens is 1. The molecule has 0 aliphatic carbocycles. The van der Waals surface area contributed by atoms with Gasteiger partial charge in [-0.3, -0.25) is 4.79 Å². The number of hydrogen-bond donors (Lipinski definition) is 1. The van der Waals surface area contributed by atoms with Crippen LogP contribution in [-0.4, -0.2) is 22.8 Å². The van der Waals surface area contributed by atoms with E-state index >= 15 is 0 Å². The van der Waals surface area contributed by atoms with Crippen molar-refractivity contribution >= 4 is 34.6 Å². The predicted octanol–water partition coefficient (Wildman–Crippen LogP) is 5.13. The van der Waals surface area contributed by atoms with E-state index in [4.69, 9.17) is 4.74 Å². The van der Waals surface area contributed by atoms with Crippen LogP contribution in [0.15, 0.2) is 64.5 Å². The molecule has 1 aromatic heterocycles. The van der Waals surface area contributed by atoms with Crippen LogP contribution in [0.5, 0.6) is 5.75 Å². The molecule has 7 heteroatoms. The zero-order chi connectivity index (χ0) is 21.3. The highest BCUT2D eigenvalue weighted by atomic mass is 32.2. The first-order valence-electron chi connectivity index (χ1n) is 9.33. The maximum Gasteiger partial charge on any atom is 0.264 e. The van der Waals surface area contributed by atoms with Crippen LogP contribution in [0.3, 0.4) is 0 Å². The Bertz CT molecular complexity index is 1180. The Balaban J connectivity index is 1.61. The third kappa shape index (κ3) is 4.02. The number of amidine groups is 1. The van der Waals surface area contributed by atoms with Crippen LogP contribution in [0, 0.1) is 19.7 Å². The molecule has 5 nitrogen and oxygen atoms in total. The summed E-state index contributed by atoms with van der Waals surface area (Å²) in [5.74, 6) is 0.268. The predicted molar refractivity (Wildman–Crippen MR) is 119 cm³/mol. The summed E-state index contributed by atoms with van der Waals surface area (Å²) in [5, 5.41) is 3.32. The minimum Gasteiger partial charge on any atom is -0.497 e. The Morgan fingerprint density at radius 2 is 1.90 bits per heavy atom. The largest absolute Gasteiger partial charge is 0.497 e. The number of benzene rings is 2. The molecular weight excluding hydrogens is 401 g/mol. The van der Waals surface area contributed by atoms with E-state index in [1.807, 2.05) is 60.9 Å². The molecule has 0 radical (unpaired) electrons. The number of aromatic nitrogens is 1. The number of ether oxygens (including phenoxy) is 1. The normalized spacial score (nSPS) is 16.3. The van der Waals surface area contributed by atoms with Crippen molar-refractivity contribution in [1.29, 1.82) is 0 Å². The van der Waals surface area contributed by atoms with Crippen molar-refractivity contribution in [3.63, 3.8) is 0 Å². The number of nitrogens with zero attached hydrogens (tertiary/aromatic N) is 2. The van der Waals surface area contributed by atoms with Crippen molar-refractivity contribution in [3.8, 4) is 11.4 Å². The maximum absolute atomic E-state index is 13.7. The van der Waals surface area contributed by atoms with E-state index in [0.29, 0.717) is 10.1 Å². The number of carbonyl (C=O) groups is 1. The molecule has 1 N–H and O–H groups in total. The second-order valence-corrected chi connectivity index (χ2v) is 7.85. The van der Waals surface area contributed by atoms with Gasteiger partial charge in [0.1, 0.15) is 11.6 Å². The van der Waals surface area contributed by atoms with Crippen LogP contribution in [-0.2, 0) is 4.79 Å². The summed E-state index contributed by atoms with van der Waals surface area (Å²) in [6, 6.07) is 15.7. The molecule has 0 atom stereocenters. The lowest BCUT2D eigenvalue weighted by molar-refractivity contribution is -0.115. The molecule has 1 fully saturated rings. The van der Waals surface area contributed by atoms with Gasteiger partial charge in [-0.05, 0) is 85.8 Å². The van der Waals surface area contributed by atoms with Gasteiger partial charge >= 0.3 is 0 Å². The van der Waals surface area contributed by atoms with Crippen LogP contribution in [0.2, 0.25) is 0 Å². The summed E-state index contributed by atoms with van der Waals surface area (Å²) in [6.45, 7) is 3.91. The second-order valence-electron chi connectivity index (χ2n) is 6.82. The Kier molecular flexibility index (Phi) is 5.46. The average molecular weight is 421 g/mol. The highest BCUT2D eigenvalue weighted by molar-refractivity contribution is 8.18. The number of aryl methyl sites for hydroxylation is 1. The third-order valence-electron chi connectivity index (χ3n) is 4.78. The van der Waals surface area contributed by atoms with Crippen molar-refractivity contribution < 1.29 is 13.9 Å². The smallest absolute Gasteiger partial charge is 0.264 e. The van der Waals surface area contributed by atoms with Crippen molar-refractivity contribution in [2.45, 2.75) is 13.8 Å². The molecule has 0 saturated carbocycles. The van der Waals surface area contributed by atoms with Gasteiger partial charge < -0.3 is 14.6 Å². The summed E-state index contributed by atoms with van der Waals surface area (Å²) >= 11 is 1.29. The molecule has 0 spiro atoms. The van der Waals surface area contributed by atoms with Crippen molar-refractivity contribution in [2.24, 2.45) is 4.99 Å². The Morgan fingerprint density at radius 3 is 2.60 bits per heavy atom. The molecule has 1 saturated heterocycles. The Hall–Kier alpha value is -3.32.